The zero-order valence-corrected chi connectivity index (χ0v) is 10.7. The maximum atomic E-state index is 11.3. The van der Waals surface area contributed by atoms with Crippen molar-refractivity contribution in [2.45, 2.75) is 46.6 Å². The normalized spacial score (nSPS) is 10.9. The van der Waals surface area contributed by atoms with Crippen LogP contribution in [0.2, 0.25) is 0 Å². The van der Waals surface area contributed by atoms with Gasteiger partial charge >= 0.3 is 0 Å². The van der Waals surface area contributed by atoms with Gasteiger partial charge in [-0.2, -0.15) is 0 Å². The van der Waals surface area contributed by atoms with Crippen molar-refractivity contribution in [3.63, 3.8) is 0 Å². The Labute approximate surface area is 97.7 Å². The lowest BCUT2D eigenvalue weighted by molar-refractivity contribution is -0.127. The van der Waals surface area contributed by atoms with Crippen LogP contribution in [0.4, 0.5) is 0 Å². The average molecular weight is 229 g/mol. The number of Topliss-reactive ketones (excluding diaryl/α,β-unsaturated/α-hetero) is 1. The summed E-state index contributed by atoms with van der Waals surface area (Å²) in [5.74, 6) is 0.207. The van der Waals surface area contributed by atoms with E-state index in [1.807, 2.05) is 27.7 Å². The number of nitrogens with one attached hydrogen (secondary N) is 1. The molecule has 0 bridgehead atoms. The van der Waals surface area contributed by atoms with Gasteiger partial charge < -0.3 is 10.1 Å². The van der Waals surface area contributed by atoms with Crippen LogP contribution in [0.5, 0.6) is 0 Å². The molecule has 0 atom stereocenters. The summed E-state index contributed by atoms with van der Waals surface area (Å²) in [4.78, 5) is 22.5. The molecule has 0 heterocycles. The summed E-state index contributed by atoms with van der Waals surface area (Å²) in [6.45, 7) is 8.17. The Morgan fingerprint density at radius 3 is 2.31 bits per heavy atom. The average Bonchev–Trinajstić information content (AvgIpc) is 2.20. The van der Waals surface area contributed by atoms with Crippen molar-refractivity contribution in [1.82, 2.24) is 5.32 Å². The zero-order valence-electron chi connectivity index (χ0n) is 10.7. The first-order chi connectivity index (χ1) is 7.43. The SMILES string of the molecule is CC(C)OCC(=O)NCCCC(=O)C(C)C. The van der Waals surface area contributed by atoms with Crippen LogP contribution in [0.15, 0.2) is 0 Å². The summed E-state index contributed by atoms with van der Waals surface area (Å²) in [5.41, 5.74) is 0. The Morgan fingerprint density at radius 1 is 1.19 bits per heavy atom. The first-order valence-electron chi connectivity index (χ1n) is 5.84. The maximum Gasteiger partial charge on any atom is 0.246 e. The Bertz CT molecular complexity index is 224. The second-order valence-corrected chi connectivity index (χ2v) is 4.43. The lowest BCUT2D eigenvalue weighted by atomic mass is 10.1. The van der Waals surface area contributed by atoms with E-state index < -0.39 is 0 Å². The Kier molecular flexibility index (Phi) is 7.81. The summed E-state index contributed by atoms with van der Waals surface area (Å²) >= 11 is 0. The van der Waals surface area contributed by atoms with Crippen LogP contribution in [0, 0.1) is 5.92 Å². The predicted molar refractivity (Wildman–Crippen MR) is 63.2 cm³/mol. The highest BCUT2D eigenvalue weighted by Gasteiger charge is 2.07. The van der Waals surface area contributed by atoms with Gasteiger partial charge in [-0.25, -0.2) is 0 Å². The Hall–Kier alpha value is -0.900. The van der Waals surface area contributed by atoms with E-state index in [1.54, 1.807) is 0 Å². The summed E-state index contributed by atoms with van der Waals surface area (Å²) in [6.07, 6.45) is 1.29. The number of amides is 1. The summed E-state index contributed by atoms with van der Waals surface area (Å²) in [7, 11) is 0. The molecule has 0 radical (unpaired) electrons. The molecule has 0 unspecified atom stereocenters. The van der Waals surface area contributed by atoms with E-state index >= 15 is 0 Å². The highest BCUT2D eigenvalue weighted by atomic mass is 16.5. The summed E-state index contributed by atoms with van der Waals surface area (Å²) in [6, 6.07) is 0. The fraction of sp³-hybridized carbons (Fsp3) is 0.833. The van der Waals surface area contributed by atoms with Gasteiger partial charge in [-0.05, 0) is 20.3 Å². The number of ketones is 1. The molecule has 0 saturated carbocycles. The van der Waals surface area contributed by atoms with Crippen LogP contribution in [0.25, 0.3) is 0 Å². The molecule has 0 aliphatic heterocycles. The van der Waals surface area contributed by atoms with Gasteiger partial charge in [0.25, 0.3) is 0 Å². The van der Waals surface area contributed by atoms with Crippen molar-refractivity contribution < 1.29 is 14.3 Å². The molecule has 0 aliphatic carbocycles. The van der Waals surface area contributed by atoms with E-state index in [-0.39, 0.29) is 30.3 Å². The molecule has 0 aliphatic rings. The van der Waals surface area contributed by atoms with Crippen LogP contribution >= 0.6 is 0 Å². The standard InChI is InChI=1S/C12H23NO3/c1-9(2)11(14)6-5-7-13-12(15)8-16-10(3)4/h9-10H,5-8H2,1-4H3,(H,13,15). The van der Waals surface area contributed by atoms with Crippen molar-refractivity contribution in [3.8, 4) is 0 Å². The number of rotatable bonds is 8. The largest absolute Gasteiger partial charge is 0.369 e. The van der Waals surface area contributed by atoms with Gasteiger partial charge in [-0.15, -0.1) is 0 Å². The monoisotopic (exact) mass is 229 g/mol. The molecule has 0 aromatic carbocycles. The fourth-order valence-corrected chi connectivity index (χ4v) is 1.07. The third-order valence-corrected chi connectivity index (χ3v) is 2.11. The van der Waals surface area contributed by atoms with Crippen LogP contribution in [-0.2, 0) is 14.3 Å². The number of ether oxygens (including phenoxy) is 1. The maximum absolute atomic E-state index is 11.3. The molecule has 0 aromatic rings. The van der Waals surface area contributed by atoms with E-state index in [9.17, 15) is 9.59 Å². The quantitative estimate of drug-likeness (QED) is 0.642. The topological polar surface area (TPSA) is 55.4 Å². The molecule has 0 rings (SSSR count). The van der Waals surface area contributed by atoms with Crippen molar-refractivity contribution in [1.29, 1.82) is 0 Å². The minimum absolute atomic E-state index is 0.0632. The first-order valence-corrected chi connectivity index (χ1v) is 5.84. The van der Waals surface area contributed by atoms with Crippen molar-refractivity contribution >= 4 is 11.7 Å². The van der Waals surface area contributed by atoms with Gasteiger partial charge in [-0.1, -0.05) is 13.8 Å². The number of carbonyl (C=O) groups excluding carboxylic acids is 2. The zero-order chi connectivity index (χ0) is 12.6. The van der Waals surface area contributed by atoms with Gasteiger partial charge in [0.05, 0.1) is 6.10 Å². The van der Waals surface area contributed by atoms with Gasteiger partial charge in [0.15, 0.2) is 0 Å². The second kappa shape index (κ2) is 8.28. The van der Waals surface area contributed by atoms with Crippen LogP contribution in [-0.4, -0.2) is 30.9 Å². The number of carbonyl (C=O) groups is 2. The predicted octanol–water partition coefficient (Wildman–Crippen LogP) is 1.53. The Morgan fingerprint density at radius 2 is 1.81 bits per heavy atom. The molecule has 0 spiro atoms. The molecule has 0 aromatic heterocycles. The van der Waals surface area contributed by atoms with Crippen LogP contribution < -0.4 is 5.32 Å². The Balaban J connectivity index is 3.45. The lowest BCUT2D eigenvalue weighted by Crippen LogP contribution is -2.30. The highest BCUT2D eigenvalue weighted by Crippen LogP contribution is 2.00. The second-order valence-electron chi connectivity index (χ2n) is 4.43. The minimum Gasteiger partial charge on any atom is -0.369 e. The van der Waals surface area contributed by atoms with E-state index in [4.69, 9.17) is 4.74 Å². The minimum atomic E-state index is -0.120. The van der Waals surface area contributed by atoms with Crippen molar-refractivity contribution in [3.05, 3.63) is 0 Å². The molecular formula is C12H23NO3. The molecule has 1 N–H and O–H groups in total. The molecule has 4 heteroatoms. The van der Waals surface area contributed by atoms with Crippen molar-refractivity contribution in [2.24, 2.45) is 5.92 Å². The molecule has 1 amide bonds. The lowest BCUT2D eigenvalue weighted by Gasteiger charge is -2.08. The molecular weight excluding hydrogens is 206 g/mol. The number of hydrogen-bond donors (Lipinski definition) is 1. The van der Waals surface area contributed by atoms with Gasteiger partial charge in [-0.3, -0.25) is 9.59 Å². The van der Waals surface area contributed by atoms with E-state index in [1.165, 1.54) is 0 Å². The van der Waals surface area contributed by atoms with E-state index in [0.29, 0.717) is 19.4 Å². The highest BCUT2D eigenvalue weighted by molar-refractivity contribution is 5.80. The van der Waals surface area contributed by atoms with E-state index in [2.05, 4.69) is 5.32 Å². The number of hydrogen-bond acceptors (Lipinski definition) is 3. The van der Waals surface area contributed by atoms with Crippen LogP contribution in [0.1, 0.15) is 40.5 Å². The molecule has 4 nitrogen and oxygen atoms in total. The summed E-state index contributed by atoms with van der Waals surface area (Å²) in [5, 5.41) is 2.72. The first kappa shape index (κ1) is 15.1. The molecule has 0 fully saturated rings. The van der Waals surface area contributed by atoms with Gasteiger partial charge in [0.2, 0.25) is 5.91 Å². The fourth-order valence-electron chi connectivity index (χ4n) is 1.07. The van der Waals surface area contributed by atoms with Crippen molar-refractivity contribution in [2.75, 3.05) is 13.2 Å². The summed E-state index contributed by atoms with van der Waals surface area (Å²) < 4.78 is 5.14. The third kappa shape index (κ3) is 8.41. The molecule has 0 saturated heterocycles. The molecule has 94 valence electrons. The van der Waals surface area contributed by atoms with E-state index in [0.717, 1.165) is 0 Å². The smallest absolute Gasteiger partial charge is 0.246 e. The van der Waals surface area contributed by atoms with Gasteiger partial charge in [0, 0.05) is 18.9 Å². The molecule has 16 heavy (non-hydrogen) atoms. The third-order valence-electron chi connectivity index (χ3n) is 2.11. The van der Waals surface area contributed by atoms with Crippen LogP contribution in [0.3, 0.4) is 0 Å². The van der Waals surface area contributed by atoms with Gasteiger partial charge in [0.1, 0.15) is 12.4 Å².